The fourth-order valence-electron chi connectivity index (χ4n) is 1.87. The number of guanidine groups is 1. The highest BCUT2D eigenvalue weighted by Crippen LogP contribution is 2.26. The quantitative estimate of drug-likeness (QED) is 0.352. The van der Waals surface area contributed by atoms with Gasteiger partial charge in [-0.3, -0.25) is 0 Å². The predicted molar refractivity (Wildman–Crippen MR) is 58.4 cm³/mol. The van der Waals surface area contributed by atoms with Gasteiger partial charge in [-0.2, -0.15) is 4.99 Å². The van der Waals surface area contributed by atoms with Crippen LogP contribution in [0.2, 0.25) is 0 Å². The lowest BCUT2D eigenvalue weighted by atomic mass is 10.1. The van der Waals surface area contributed by atoms with Gasteiger partial charge in [-0.25, -0.2) is 0 Å². The second kappa shape index (κ2) is 4.49. The van der Waals surface area contributed by atoms with Crippen molar-refractivity contribution in [3.8, 4) is 0 Å². The van der Waals surface area contributed by atoms with Crippen LogP contribution < -0.4 is 11.1 Å². The van der Waals surface area contributed by atoms with Gasteiger partial charge in [-0.05, 0) is 0 Å². The van der Waals surface area contributed by atoms with Gasteiger partial charge in [0.2, 0.25) is 0 Å². The molecule has 1 saturated heterocycles. The Labute approximate surface area is 98.0 Å². The van der Waals surface area contributed by atoms with Gasteiger partial charge in [-0.15, -0.1) is 0 Å². The summed E-state index contributed by atoms with van der Waals surface area (Å²) in [6.07, 6.45) is -3.90. The molecule has 4 atom stereocenters. The van der Waals surface area contributed by atoms with Crippen LogP contribution in [0.25, 0.3) is 0 Å². The highest BCUT2D eigenvalue weighted by Gasteiger charge is 2.46. The summed E-state index contributed by atoms with van der Waals surface area (Å²) in [6.45, 7) is 3.58. The van der Waals surface area contributed by atoms with E-state index in [1.807, 2.05) is 0 Å². The van der Waals surface area contributed by atoms with Crippen molar-refractivity contribution in [1.82, 2.24) is 10.2 Å². The molecular formula is C9H16N4O4. The van der Waals surface area contributed by atoms with Gasteiger partial charge >= 0.3 is 0 Å². The number of hydrogen-bond donors (Lipinski definition) is 5. The summed E-state index contributed by atoms with van der Waals surface area (Å²) in [5.74, 6) is 0.564. The molecule has 0 amide bonds. The monoisotopic (exact) mass is 244 g/mol. The van der Waals surface area contributed by atoms with E-state index >= 15 is 0 Å². The fraction of sp³-hybridized carbons (Fsp3) is 0.667. The van der Waals surface area contributed by atoms with Gasteiger partial charge in [0.15, 0.2) is 12.2 Å². The molecule has 0 saturated carbocycles. The van der Waals surface area contributed by atoms with E-state index in [0.717, 1.165) is 0 Å². The average Bonchev–Trinajstić information content (AvgIpc) is 2.57. The molecule has 0 bridgehead atoms. The van der Waals surface area contributed by atoms with Crippen molar-refractivity contribution in [2.24, 2.45) is 10.7 Å². The predicted octanol–water partition coefficient (Wildman–Crippen LogP) is -2.93. The van der Waals surface area contributed by atoms with E-state index in [0.29, 0.717) is 5.82 Å². The third-order valence-corrected chi connectivity index (χ3v) is 2.84. The zero-order valence-electron chi connectivity index (χ0n) is 9.15. The summed E-state index contributed by atoms with van der Waals surface area (Å²) in [5.41, 5.74) is 5.46. The van der Waals surface area contributed by atoms with Crippen LogP contribution in [-0.2, 0) is 4.74 Å². The first-order valence-electron chi connectivity index (χ1n) is 5.20. The van der Waals surface area contributed by atoms with Crippen molar-refractivity contribution < 1.29 is 20.1 Å². The zero-order valence-corrected chi connectivity index (χ0v) is 9.15. The largest absolute Gasteiger partial charge is 0.394 e. The Bertz CT molecular complexity index is 348. The smallest absolute Gasteiger partial charge is 0.196 e. The number of aliphatic imine (C=N–C) groups is 1. The van der Waals surface area contributed by atoms with Gasteiger partial charge in [0, 0.05) is 0 Å². The molecule has 2 heterocycles. The number of nitrogens with zero attached hydrogens (tertiary/aromatic N) is 2. The van der Waals surface area contributed by atoms with Crippen LogP contribution in [0.1, 0.15) is 0 Å². The number of aliphatic hydroxyl groups is 3. The highest BCUT2D eigenvalue weighted by atomic mass is 16.6. The molecule has 0 aromatic heterocycles. The summed E-state index contributed by atoms with van der Waals surface area (Å²) < 4.78 is 5.35. The Morgan fingerprint density at radius 2 is 2.24 bits per heavy atom. The molecule has 0 spiro atoms. The first-order chi connectivity index (χ1) is 8.04. The molecule has 0 aromatic rings. The Hall–Kier alpha value is -1.35. The summed E-state index contributed by atoms with van der Waals surface area (Å²) in [5, 5.41) is 31.2. The van der Waals surface area contributed by atoms with E-state index in [1.54, 1.807) is 0 Å². The van der Waals surface area contributed by atoms with Crippen LogP contribution >= 0.6 is 0 Å². The first kappa shape index (κ1) is 12.1. The van der Waals surface area contributed by atoms with Gasteiger partial charge in [-0.1, -0.05) is 6.58 Å². The number of nitrogens with one attached hydrogen (secondary N) is 1. The second-order valence-corrected chi connectivity index (χ2v) is 3.95. The van der Waals surface area contributed by atoms with Crippen molar-refractivity contribution in [3.63, 3.8) is 0 Å². The molecule has 6 N–H and O–H groups in total. The normalized spacial score (nSPS) is 37.9. The van der Waals surface area contributed by atoms with Crippen molar-refractivity contribution in [1.29, 1.82) is 0 Å². The molecule has 0 aliphatic carbocycles. The van der Waals surface area contributed by atoms with E-state index in [1.165, 1.54) is 4.90 Å². The van der Waals surface area contributed by atoms with Gasteiger partial charge < -0.3 is 36.0 Å². The first-order valence-corrected chi connectivity index (χ1v) is 5.20. The maximum Gasteiger partial charge on any atom is 0.196 e. The Balaban J connectivity index is 2.11. The number of hydrogen-bond acceptors (Lipinski definition) is 8. The molecule has 2 aliphatic heterocycles. The Kier molecular flexibility index (Phi) is 3.20. The van der Waals surface area contributed by atoms with E-state index < -0.39 is 24.5 Å². The average molecular weight is 244 g/mol. The van der Waals surface area contributed by atoms with E-state index in [4.69, 9.17) is 15.6 Å². The van der Waals surface area contributed by atoms with Crippen molar-refractivity contribution in [2.75, 3.05) is 13.3 Å². The lowest BCUT2D eigenvalue weighted by Crippen LogP contribution is -2.52. The van der Waals surface area contributed by atoms with Crippen LogP contribution in [0.15, 0.2) is 17.4 Å². The molecule has 2 rings (SSSR count). The molecule has 8 nitrogen and oxygen atoms in total. The molecule has 8 heteroatoms. The Morgan fingerprint density at radius 3 is 2.76 bits per heavy atom. The number of ether oxygens (including phenoxy) is 1. The van der Waals surface area contributed by atoms with Gasteiger partial charge in [0.25, 0.3) is 0 Å². The summed E-state index contributed by atoms with van der Waals surface area (Å²) in [4.78, 5) is 5.43. The van der Waals surface area contributed by atoms with Crippen molar-refractivity contribution >= 4 is 5.96 Å². The minimum atomic E-state index is -1.14. The van der Waals surface area contributed by atoms with Gasteiger partial charge in [0.1, 0.15) is 24.1 Å². The third-order valence-electron chi connectivity index (χ3n) is 2.84. The summed E-state index contributed by atoms with van der Waals surface area (Å²) in [7, 11) is 0. The minimum Gasteiger partial charge on any atom is -0.394 e. The van der Waals surface area contributed by atoms with Crippen LogP contribution in [-0.4, -0.2) is 64.0 Å². The van der Waals surface area contributed by atoms with Crippen molar-refractivity contribution in [2.45, 2.75) is 24.5 Å². The Morgan fingerprint density at radius 1 is 1.53 bits per heavy atom. The summed E-state index contributed by atoms with van der Waals surface area (Å²) >= 11 is 0. The topological polar surface area (TPSA) is 124 Å². The lowest BCUT2D eigenvalue weighted by Gasteiger charge is -2.34. The molecule has 0 radical (unpaired) electrons. The maximum absolute atomic E-state index is 9.82. The summed E-state index contributed by atoms with van der Waals surface area (Å²) in [6, 6.07) is 0. The highest BCUT2D eigenvalue weighted by molar-refractivity contribution is 5.79. The van der Waals surface area contributed by atoms with Crippen LogP contribution in [0.3, 0.4) is 0 Å². The van der Waals surface area contributed by atoms with Crippen LogP contribution in [0, 0.1) is 0 Å². The zero-order chi connectivity index (χ0) is 12.6. The van der Waals surface area contributed by atoms with Crippen LogP contribution in [0.5, 0.6) is 0 Å². The molecular weight excluding hydrogens is 228 g/mol. The maximum atomic E-state index is 9.82. The van der Waals surface area contributed by atoms with Crippen LogP contribution in [0.4, 0.5) is 0 Å². The molecule has 2 aliphatic rings. The molecule has 96 valence electrons. The molecule has 17 heavy (non-hydrogen) atoms. The van der Waals surface area contributed by atoms with Gasteiger partial charge in [0.05, 0.1) is 13.3 Å². The van der Waals surface area contributed by atoms with E-state index in [9.17, 15) is 10.2 Å². The standard InChI is InChI=1S/C9H16N4O4/c1-4-12-9(10)11-3-13(4)8-7(16)6(15)5(2-14)17-8/h5-8,14-16H,1-3H2,(H3,10,11,12)/t5-,6?,7+,8-/m1/s1. The lowest BCUT2D eigenvalue weighted by molar-refractivity contribution is -0.0865. The molecule has 0 aromatic carbocycles. The van der Waals surface area contributed by atoms with Crippen molar-refractivity contribution in [3.05, 3.63) is 12.4 Å². The fourth-order valence-corrected chi connectivity index (χ4v) is 1.87. The number of aliphatic hydroxyl groups excluding tert-OH is 3. The number of nitrogens with two attached hydrogens (primary N) is 1. The van der Waals surface area contributed by atoms with E-state index in [2.05, 4.69) is 16.9 Å². The molecule has 1 unspecified atom stereocenters. The minimum absolute atomic E-state index is 0.234. The molecule has 1 fully saturated rings. The SMILES string of the molecule is C=C1N=C(N)NCN1[C@@H]1O[C@H](CO)C(O)[C@@H]1O. The second-order valence-electron chi connectivity index (χ2n) is 3.95. The third kappa shape index (κ3) is 2.07. The van der Waals surface area contributed by atoms with E-state index in [-0.39, 0.29) is 19.2 Å². The number of rotatable bonds is 2.